The summed E-state index contributed by atoms with van der Waals surface area (Å²) in [4.78, 5) is 34.2. The fourth-order valence-electron chi connectivity index (χ4n) is 2.81. The number of nitrogens with zero attached hydrogens (tertiary/aromatic N) is 1. The van der Waals surface area contributed by atoms with Crippen LogP contribution in [0.5, 0.6) is 5.75 Å². The summed E-state index contributed by atoms with van der Waals surface area (Å²) < 4.78 is 6.23. The van der Waals surface area contributed by atoms with Crippen molar-refractivity contribution in [2.45, 2.75) is 6.42 Å². The van der Waals surface area contributed by atoms with Crippen LogP contribution in [0.2, 0.25) is 0 Å². The van der Waals surface area contributed by atoms with Crippen LogP contribution in [0.3, 0.4) is 0 Å². The summed E-state index contributed by atoms with van der Waals surface area (Å²) in [7, 11) is 0. The Morgan fingerprint density at radius 1 is 1.06 bits per heavy atom. The van der Waals surface area contributed by atoms with Crippen LogP contribution < -0.4 is 10.1 Å². The molecule has 3 aromatic carbocycles. The Labute approximate surface area is 185 Å². The van der Waals surface area contributed by atoms with E-state index in [1.54, 1.807) is 42.5 Å². The molecule has 0 atom stereocenters. The van der Waals surface area contributed by atoms with E-state index in [1.807, 2.05) is 0 Å². The number of nitrogens with one attached hydrogen (secondary N) is 1. The lowest BCUT2D eigenvalue weighted by molar-refractivity contribution is -0.384. The standard InChI is InChI=1S/C22H17BrN2O6/c23-16-6-9-20(19(13-16)22(27)28)24-21(26)15-4-7-18(8-5-15)31-11-10-14-2-1-3-17(12-14)25(29)30/h1-9,12-13H,10-11H2,(H,24,26)(H,27,28). The van der Waals surface area contributed by atoms with Crippen LogP contribution in [0.4, 0.5) is 11.4 Å². The molecule has 9 heteroatoms. The lowest BCUT2D eigenvalue weighted by Gasteiger charge is -2.10. The molecule has 1 amide bonds. The van der Waals surface area contributed by atoms with Crippen molar-refractivity contribution in [2.24, 2.45) is 0 Å². The molecule has 8 nitrogen and oxygen atoms in total. The smallest absolute Gasteiger partial charge is 0.337 e. The van der Waals surface area contributed by atoms with E-state index in [1.165, 1.54) is 24.3 Å². The Balaban J connectivity index is 1.59. The zero-order chi connectivity index (χ0) is 22.4. The first-order valence-corrected chi connectivity index (χ1v) is 9.93. The van der Waals surface area contributed by atoms with Gasteiger partial charge < -0.3 is 15.2 Å². The van der Waals surface area contributed by atoms with Gasteiger partial charge in [0.05, 0.1) is 22.8 Å². The van der Waals surface area contributed by atoms with Crippen LogP contribution in [0.15, 0.2) is 71.2 Å². The Hall–Kier alpha value is -3.72. The highest BCUT2D eigenvalue weighted by molar-refractivity contribution is 9.10. The number of nitro benzene ring substituents is 1. The number of carbonyl (C=O) groups is 2. The Morgan fingerprint density at radius 2 is 1.81 bits per heavy atom. The van der Waals surface area contributed by atoms with E-state index in [0.29, 0.717) is 28.8 Å². The largest absolute Gasteiger partial charge is 0.493 e. The normalized spacial score (nSPS) is 10.4. The predicted octanol–water partition coefficient (Wildman–Crippen LogP) is 4.93. The van der Waals surface area contributed by atoms with Crippen LogP contribution in [0, 0.1) is 10.1 Å². The third kappa shape index (κ3) is 5.89. The zero-order valence-electron chi connectivity index (χ0n) is 16.1. The van der Waals surface area contributed by atoms with Crippen LogP contribution in [0.1, 0.15) is 26.3 Å². The Kier molecular flexibility index (Phi) is 6.99. The second-order valence-corrected chi connectivity index (χ2v) is 7.41. The summed E-state index contributed by atoms with van der Waals surface area (Å²) in [6, 6.07) is 17.3. The molecule has 158 valence electrons. The minimum Gasteiger partial charge on any atom is -0.493 e. The number of hydrogen-bond donors (Lipinski definition) is 2. The molecular weight excluding hydrogens is 468 g/mol. The molecule has 0 aliphatic rings. The van der Waals surface area contributed by atoms with Gasteiger partial charge in [0.25, 0.3) is 11.6 Å². The second kappa shape index (κ2) is 9.86. The summed E-state index contributed by atoms with van der Waals surface area (Å²) in [6.45, 7) is 0.313. The third-order valence-electron chi connectivity index (χ3n) is 4.36. The molecule has 2 N–H and O–H groups in total. The lowest BCUT2D eigenvalue weighted by atomic mass is 10.1. The third-order valence-corrected chi connectivity index (χ3v) is 4.85. The number of anilines is 1. The number of carboxylic acids is 1. The number of hydrogen-bond acceptors (Lipinski definition) is 5. The summed E-state index contributed by atoms with van der Waals surface area (Å²) in [5.41, 5.74) is 1.32. The summed E-state index contributed by atoms with van der Waals surface area (Å²) in [5.74, 6) is -1.06. The van der Waals surface area contributed by atoms with Crippen LogP contribution >= 0.6 is 15.9 Å². The van der Waals surface area contributed by atoms with Crippen LogP contribution in [0.25, 0.3) is 0 Å². The Morgan fingerprint density at radius 3 is 2.48 bits per heavy atom. The number of non-ortho nitro benzene ring substituents is 1. The van der Waals surface area contributed by atoms with Crippen molar-refractivity contribution in [1.29, 1.82) is 0 Å². The molecule has 0 heterocycles. The maximum atomic E-state index is 12.5. The summed E-state index contributed by atoms with van der Waals surface area (Å²) in [6.07, 6.45) is 0.492. The molecule has 0 bridgehead atoms. The van der Waals surface area contributed by atoms with Gasteiger partial charge in [0.1, 0.15) is 5.75 Å². The van der Waals surface area contributed by atoms with Crippen molar-refractivity contribution in [3.05, 3.63) is 98.0 Å². The highest BCUT2D eigenvalue weighted by atomic mass is 79.9. The van der Waals surface area contributed by atoms with Crippen molar-refractivity contribution in [3.8, 4) is 5.75 Å². The molecule has 0 aliphatic heterocycles. The zero-order valence-corrected chi connectivity index (χ0v) is 17.7. The number of aromatic carboxylic acids is 1. The number of carboxylic acid groups (broad SMARTS) is 1. The molecule has 0 saturated carbocycles. The first-order valence-electron chi connectivity index (χ1n) is 9.14. The highest BCUT2D eigenvalue weighted by Crippen LogP contribution is 2.22. The van der Waals surface area contributed by atoms with Gasteiger partial charge in [0, 0.05) is 28.6 Å². The van der Waals surface area contributed by atoms with E-state index in [9.17, 15) is 24.8 Å². The molecule has 0 unspecified atom stereocenters. The van der Waals surface area contributed by atoms with Gasteiger partial charge in [-0.3, -0.25) is 14.9 Å². The SMILES string of the molecule is O=C(Nc1ccc(Br)cc1C(=O)O)c1ccc(OCCc2cccc([N+](=O)[O-])c2)cc1. The lowest BCUT2D eigenvalue weighted by Crippen LogP contribution is -2.14. The van der Waals surface area contributed by atoms with Gasteiger partial charge in [-0.2, -0.15) is 0 Å². The van der Waals surface area contributed by atoms with E-state index >= 15 is 0 Å². The second-order valence-electron chi connectivity index (χ2n) is 6.50. The van der Waals surface area contributed by atoms with Crippen molar-refractivity contribution in [2.75, 3.05) is 11.9 Å². The Bertz CT molecular complexity index is 1130. The average molecular weight is 485 g/mol. The average Bonchev–Trinajstić information content (AvgIpc) is 2.75. The molecule has 3 aromatic rings. The summed E-state index contributed by atoms with van der Waals surface area (Å²) in [5, 5.41) is 22.7. The summed E-state index contributed by atoms with van der Waals surface area (Å²) >= 11 is 3.21. The molecular formula is C22H17BrN2O6. The van der Waals surface area contributed by atoms with Gasteiger partial charge in [-0.1, -0.05) is 28.1 Å². The van der Waals surface area contributed by atoms with Gasteiger partial charge in [-0.05, 0) is 48.0 Å². The number of amides is 1. The van der Waals surface area contributed by atoms with Gasteiger partial charge in [0.15, 0.2) is 0 Å². The number of carbonyl (C=O) groups excluding carboxylic acids is 1. The van der Waals surface area contributed by atoms with E-state index in [2.05, 4.69) is 21.2 Å². The molecule has 0 radical (unpaired) electrons. The van der Waals surface area contributed by atoms with E-state index in [-0.39, 0.29) is 16.9 Å². The van der Waals surface area contributed by atoms with E-state index < -0.39 is 16.8 Å². The number of rotatable bonds is 8. The number of ether oxygens (including phenoxy) is 1. The van der Waals surface area contributed by atoms with Crippen LogP contribution in [-0.2, 0) is 6.42 Å². The molecule has 0 saturated heterocycles. The first kappa shape index (κ1) is 22.0. The van der Waals surface area contributed by atoms with Gasteiger partial charge in [0.2, 0.25) is 0 Å². The molecule has 0 fully saturated rings. The molecule has 31 heavy (non-hydrogen) atoms. The van der Waals surface area contributed by atoms with E-state index in [4.69, 9.17) is 4.74 Å². The first-order chi connectivity index (χ1) is 14.8. The van der Waals surface area contributed by atoms with Gasteiger partial charge >= 0.3 is 5.97 Å². The topological polar surface area (TPSA) is 119 Å². The number of halogens is 1. The maximum Gasteiger partial charge on any atom is 0.337 e. The molecule has 3 rings (SSSR count). The molecule has 0 aromatic heterocycles. The minimum atomic E-state index is -1.15. The van der Waals surface area contributed by atoms with Gasteiger partial charge in [-0.25, -0.2) is 4.79 Å². The monoisotopic (exact) mass is 484 g/mol. The minimum absolute atomic E-state index is 0.0242. The number of benzene rings is 3. The van der Waals surface area contributed by atoms with E-state index in [0.717, 1.165) is 5.56 Å². The maximum absolute atomic E-state index is 12.5. The van der Waals surface area contributed by atoms with Crippen LogP contribution in [-0.4, -0.2) is 28.5 Å². The van der Waals surface area contributed by atoms with Crippen molar-refractivity contribution < 1.29 is 24.4 Å². The predicted molar refractivity (Wildman–Crippen MR) is 118 cm³/mol. The molecule has 0 spiro atoms. The van der Waals surface area contributed by atoms with Gasteiger partial charge in [-0.15, -0.1) is 0 Å². The van der Waals surface area contributed by atoms with Crippen molar-refractivity contribution in [3.63, 3.8) is 0 Å². The van der Waals surface area contributed by atoms with Crippen molar-refractivity contribution >= 4 is 39.2 Å². The fourth-order valence-corrected chi connectivity index (χ4v) is 3.17. The molecule has 0 aliphatic carbocycles. The van der Waals surface area contributed by atoms with Crippen molar-refractivity contribution in [1.82, 2.24) is 0 Å². The number of nitro groups is 1. The quantitative estimate of drug-likeness (QED) is 0.345. The fraction of sp³-hybridized carbons (Fsp3) is 0.0909. The highest BCUT2D eigenvalue weighted by Gasteiger charge is 2.14.